The summed E-state index contributed by atoms with van der Waals surface area (Å²) in [7, 11) is 0. The molecule has 0 radical (unpaired) electrons. The number of nitrogens with zero attached hydrogens (tertiary/aromatic N) is 1. The second-order valence-corrected chi connectivity index (χ2v) is 5.46. The fourth-order valence-corrected chi connectivity index (χ4v) is 2.14. The molecule has 108 valence electrons. The largest absolute Gasteiger partial charge is 0.478 e. The summed E-state index contributed by atoms with van der Waals surface area (Å²) in [5, 5.41) is 11.8. The molecule has 0 aliphatic carbocycles. The minimum atomic E-state index is -1.16. The van der Waals surface area contributed by atoms with E-state index in [2.05, 4.69) is 26.2 Å². The molecule has 0 bridgehead atoms. The van der Waals surface area contributed by atoms with E-state index in [1.165, 1.54) is 12.1 Å². The van der Waals surface area contributed by atoms with Crippen LogP contribution in [0.1, 0.15) is 32.0 Å². The first-order chi connectivity index (χ1) is 9.88. The molecule has 6 heteroatoms. The molecule has 2 aromatic rings. The van der Waals surface area contributed by atoms with Crippen LogP contribution in [0.25, 0.3) is 0 Å². The zero-order chi connectivity index (χ0) is 15.6. The zero-order valence-corrected chi connectivity index (χ0v) is 13.1. The highest BCUT2D eigenvalue weighted by molar-refractivity contribution is 9.10. The summed E-state index contributed by atoms with van der Waals surface area (Å²) in [6.45, 7) is 3.76. The van der Waals surface area contributed by atoms with E-state index < -0.39 is 11.9 Å². The number of carboxylic acids is 1. The number of hydrogen-bond acceptors (Lipinski definition) is 3. The van der Waals surface area contributed by atoms with E-state index >= 15 is 0 Å². The van der Waals surface area contributed by atoms with Crippen LogP contribution in [-0.4, -0.2) is 22.0 Å². The van der Waals surface area contributed by atoms with Crippen LogP contribution in [0.5, 0.6) is 0 Å². The lowest BCUT2D eigenvalue weighted by molar-refractivity contribution is 0.0692. The fourth-order valence-electron chi connectivity index (χ4n) is 1.78. The summed E-state index contributed by atoms with van der Waals surface area (Å²) in [4.78, 5) is 27.7. The predicted molar refractivity (Wildman–Crippen MR) is 82.8 cm³/mol. The number of rotatable bonds is 3. The molecule has 0 unspecified atom stereocenters. The van der Waals surface area contributed by atoms with E-state index in [0.717, 1.165) is 11.3 Å². The number of halogens is 1. The van der Waals surface area contributed by atoms with Gasteiger partial charge in [0.15, 0.2) is 0 Å². The summed E-state index contributed by atoms with van der Waals surface area (Å²) in [6.07, 6.45) is 0. The molecular formula is C15H13BrN2O3. The average Bonchev–Trinajstić information content (AvgIpc) is 2.42. The third-order valence-electron chi connectivity index (χ3n) is 3.05. The van der Waals surface area contributed by atoms with E-state index in [-0.39, 0.29) is 11.1 Å². The van der Waals surface area contributed by atoms with Gasteiger partial charge >= 0.3 is 5.97 Å². The molecule has 0 fully saturated rings. The van der Waals surface area contributed by atoms with Gasteiger partial charge in [0, 0.05) is 10.2 Å². The van der Waals surface area contributed by atoms with Gasteiger partial charge < -0.3 is 10.4 Å². The predicted octanol–water partition coefficient (Wildman–Crippen LogP) is 3.41. The smallest absolute Gasteiger partial charge is 0.336 e. The van der Waals surface area contributed by atoms with Crippen molar-refractivity contribution in [3.05, 3.63) is 57.2 Å². The fraction of sp³-hybridized carbons (Fsp3) is 0.133. The van der Waals surface area contributed by atoms with E-state index in [4.69, 9.17) is 5.11 Å². The number of pyridine rings is 1. The normalized spacial score (nSPS) is 10.2. The summed E-state index contributed by atoms with van der Waals surface area (Å²) in [6, 6.07) is 8.00. The van der Waals surface area contributed by atoms with Crippen molar-refractivity contribution in [1.82, 2.24) is 4.98 Å². The third kappa shape index (κ3) is 3.46. The van der Waals surface area contributed by atoms with Crippen molar-refractivity contribution in [1.29, 1.82) is 0 Å². The van der Waals surface area contributed by atoms with E-state index in [9.17, 15) is 9.59 Å². The quantitative estimate of drug-likeness (QED) is 0.890. The molecule has 21 heavy (non-hydrogen) atoms. The number of aromatic carboxylic acids is 1. The van der Waals surface area contributed by atoms with Crippen LogP contribution in [0.4, 0.5) is 5.82 Å². The molecule has 1 aromatic carbocycles. The van der Waals surface area contributed by atoms with Gasteiger partial charge in [0.05, 0.1) is 11.1 Å². The second-order valence-electron chi connectivity index (χ2n) is 4.55. The Kier molecular flexibility index (Phi) is 4.37. The standard InChI is InChI=1S/C15H13BrN2O3/c1-8-3-6-13(17-9(8)2)18-14(19)11-5-4-10(16)7-12(11)15(20)21/h3-7H,1-2H3,(H,20,21)(H,17,18,19). The van der Waals surface area contributed by atoms with Crippen LogP contribution < -0.4 is 5.32 Å². The first-order valence-corrected chi connectivity index (χ1v) is 6.96. The molecule has 0 atom stereocenters. The minimum absolute atomic E-state index is 0.0642. The highest BCUT2D eigenvalue weighted by Crippen LogP contribution is 2.18. The Morgan fingerprint density at radius 2 is 1.86 bits per heavy atom. The SMILES string of the molecule is Cc1ccc(NC(=O)c2ccc(Br)cc2C(=O)O)nc1C. The van der Waals surface area contributed by atoms with E-state index in [0.29, 0.717) is 10.3 Å². The van der Waals surface area contributed by atoms with Crippen LogP contribution in [0.2, 0.25) is 0 Å². The molecular weight excluding hydrogens is 336 g/mol. The third-order valence-corrected chi connectivity index (χ3v) is 3.54. The maximum Gasteiger partial charge on any atom is 0.336 e. The Morgan fingerprint density at radius 1 is 1.14 bits per heavy atom. The van der Waals surface area contributed by atoms with Gasteiger partial charge in [-0.2, -0.15) is 0 Å². The Hall–Kier alpha value is -2.21. The molecule has 2 rings (SSSR count). The van der Waals surface area contributed by atoms with Gasteiger partial charge in [-0.25, -0.2) is 9.78 Å². The first kappa shape index (κ1) is 15.2. The number of carboxylic acid groups (broad SMARTS) is 1. The molecule has 0 spiro atoms. The van der Waals surface area contributed by atoms with Gasteiger partial charge in [-0.1, -0.05) is 22.0 Å². The Balaban J connectivity index is 2.32. The number of benzene rings is 1. The van der Waals surface area contributed by atoms with Crippen molar-refractivity contribution >= 4 is 33.6 Å². The van der Waals surface area contributed by atoms with Crippen LogP contribution in [0, 0.1) is 13.8 Å². The minimum Gasteiger partial charge on any atom is -0.478 e. The maximum absolute atomic E-state index is 12.2. The summed E-state index contributed by atoms with van der Waals surface area (Å²) in [5.41, 5.74) is 1.85. The molecule has 1 heterocycles. The van der Waals surface area contributed by atoms with Gasteiger partial charge in [-0.05, 0) is 43.7 Å². The number of nitrogens with one attached hydrogen (secondary N) is 1. The van der Waals surface area contributed by atoms with Crippen molar-refractivity contribution in [2.75, 3.05) is 5.32 Å². The van der Waals surface area contributed by atoms with Gasteiger partial charge in [0.2, 0.25) is 0 Å². The number of anilines is 1. The second kappa shape index (κ2) is 6.05. The number of aryl methyl sites for hydroxylation is 2. The van der Waals surface area contributed by atoms with Crippen LogP contribution in [0.3, 0.4) is 0 Å². The topological polar surface area (TPSA) is 79.3 Å². The number of aromatic nitrogens is 1. The first-order valence-electron chi connectivity index (χ1n) is 6.17. The molecule has 5 nitrogen and oxygen atoms in total. The van der Waals surface area contributed by atoms with Crippen molar-refractivity contribution in [2.45, 2.75) is 13.8 Å². The average molecular weight is 349 g/mol. The zero-order valence-electron chi connectivity index (χ0n) is 11.5. The highest BCUT2D eigenvalue weighted by atomic mass is 79.9. The van der Waals surface area contributed by atoms with Crippen molar-refractivity contribution < 1.29 is 14.7 Å². The van der Waals surface area contributed by atoms with Crippen molar-refractivity contribution in [2.24, 2.45) is 0 Å². The molecule has 2 N–H and O–H groups in total. The number of carbonyl (C=O) groups excluding carboxylic acids is 1. The van der Waals surface area contributed by atoms with Crippen LogP contribution in [0.15, 0.2) is 34.8 Å². The molecule has 0 aliphatic rings. The number of amides is 1. The van der Waals surface area contributed by atoms with Gasteiger partial charge in [0.1, 0.15) is 5.82 Å². The van der Waals surface area contributed by atoms with Crippen LogP contribution in [-0.2, 0) is 0 Å². The van der Waals surface area contributed by atoms with E-state index in [1.54, 1.807) is 12.1 Å². The molecule has 0 aliphatic heterocycles. The summed E-state index contributed by atoms with van der Waals surface area (Å²) in [5.74, 6) is -1.27. The van der Waals surface area contributed by atoms with Crippen molar-refractivity contribution in [3.63, 3.8) is 0 Å². The highest BCUT2D eigenvalue weighted by Gasteiger charge is 2.17. The van der Waals surface area contributed by atoms with Gasteiger partial charge in [-0.15, -0.1) is 0 Å². The Bertz CT molecular complexity index is 729. The molecule has 0 saturated heterocycles. The summed E-state index contributed by atoms with van der Waals surface area (Å²) < 4.78 is 0.598. The van der Waals surface area contributed by atoms with E-state index in [1.807, 2.05) is 19.9 Å². The monoisotopic (exact) mass is 348 g/mol. The molecule has 1 amide bonds. The lowest BCUT2D eigenvalue weighted by Crippen LogP contribution is -2.17. The van der Waals surface area contributed by atoms with Crippen LogP contribution >= 0.6 is 15.9 Å². The van der Waals surface area contributed by atoms with Gasteiger partial charge in [-0.3, -0.25) is 4.79 Å². The molecule has 0 saturated carbocycles. The molecule has 1 aromatic heterocycles. The van der Waals surface area contributed by atoms with Crippen molar-refractivity contribution in [3.8, 4) is 0 Å². The van der Waals surface area contributed by atoms with Gasteiger partial charge in [0.25, 0.3) is 5.91 Å². The lowest BCUT2D eigenvalue weighted by Gasteiger charge is -2.09. The number of carbonyl (C=O) groups is 2. The number of hydrogen-bond donors (Lipinski definition) is 2. The Morgan fingerprint density at radius 3 is 2.48 bits per heavy atom. The lowest BCUT2D eigenvalue weighted by atomic mass is 10.1. The Labute approximate surface area is 130 Å². The maximum atomic E-state index is 12.2. The summed E-state index contributed by atoms with van der Waals surface area (Å²) >= 11 is 3.19.